The lowest BCUT2D eigenvalue weighted by molar-refractivity contribution is -0.122. The van der Waals surface area contributed by atoms with Gasteiger partial charge >= 0.3 is 0 Å². The third kappa shape index (κ3) is 4.72. The zero-order valence-electron chi connectivity index (χ0n) is 17.4. The van der Waals surface area contributed by atoms with Crippen molar-refractivity contribution in [2.45, 2.75) is 20.3 Å². The Hall–Kier alpha value is -3.31. The second kappa shape index (κ2) is 8.82. The van der Waals surface area contributed by atoms with Crippen LogP contribution < -0.4 is 15.0 Å². The zero-order chi connectivity index (χ0) is 22.0. The minimum Gasteiger partial charge on any atom is -0.457 e. The molecule has 0 unspecified atom stereocenters. The highest BCUT2D eigenvalue weighted by atomic mass is 35.5. The first-order chi connectivity index (χ1) is 14.9. The van der Waals surface area contributed by atoms with Gasteiger partial charge in [-0.25, -0.2) is 0 Å². The summed E-state index contributed by atoms with van der Waals surface area (Å²) in [6.07, 6.45) is 0.172. The van der Waals surface area contributed by atoms with Crippen molar-refractivity contribution in [3.63, 3.8) is 0 Å². The van der Waals surface area contributed by atoms with Crippen molar-refractivity contribution in [1.82, 2.24) is 0 Å². The van der Waals surface area contributed by atoms with E-state index < -0.39 is 5.92 Å². The van der Waals surface area contributed by atoms with E-state index in [0.717, 1.165) is 16.9 Å². The normalized spacial score (nSPS) is 15.8. The quantitative estimate of drug-likeness (QED) is 0.557. The molecule has 3 aromatic carbocycles. The summed E-state index contributed by atoms with van der Waals surface area (Å²) in [5, 5.41) is 3.50. The molecule has 31 heavy (non-hydrogen) atoms. The van der Waals surface area contributed by atoms with Crippen molar-refractivity contribution >= 4 is 34.8 Å². The van der Waals surface area contributed by atoms with Crippen LogP contribution >= 0.6 is 11.6 Å². The van der Waals surface area contributed by atoms with Crippen molar-refractivity contribution < 1.29 is 14.3 Å². The van der Waals surface area contributed by atoms with Crippen LogP contribution in [0.25, 0.3) is 0 Å². The summed E-state index contributed by atoms with van der Waals surface area (Å²) in [6.45, 7) is 4.23. The number of nitrogens with zero attached hydrogens (tertiary/aromatic N) is 1. The van der Waals surface area contributed by atoms with Gasteiger partial charge in [-0.1, -0.05) is 35.9 Å². The summed E-state index contributed by atoms with van der Waals surface area (Å²) >= 11 is 6.19. The number of hydrogen-bond acceptors (Lipinski definition) is 3. The smallest absolute Gasteiger partial charge is 0.229 e. The fraction of sp³-hybridized carbons (Fsp3) is 0.200. The summed E-state index contributed by atoms with van der Waals surface area (Å²) in [5.74, 6) is 0.796. The third-order valence-electron chi connectivity index (χ3n) is 5.41. The van der Waals surface area contributed by atoms with E-state index in [-0.39, 0.29) is 18.2 Å². The molecule has 0 saturated carbocycles. The van der Waals surface area contributed by atoms with Gasteiger partial charge in [-0.05, 0) is 67.4 Å². The highest BCUT2D eigenvalue weighted by Crippen LogP contribution is 2.30. The average Bonchev–Trinajstić information content (AvgIpc) is 3.15. The van der Waals surface area contributed by atoms with Gasteiger partial charge in [-0.2, -0.15) is 0 Å². The van der Waals surface area contributed by atoms with Gasteiger partial charge in [0, 0.05) is 29.4 Å². The topological polar surface area (TPSA) is 58.6 Å². The molecule has 5 nitrogen and oxygen atoms in total. The van der Waals surface area contributed by atoms with E-state index in [1.807, 2.05) is 62.4 Å². The lowest BCUT2D eigenvalue weighted by Gasteiger charge is -2.17. The molecule has 0 aliphatic carbocycles. The van der Waals surface area contributed by atoms with Gasteiger partial charge in [-0.3, -0.25) is 9.59 Å². The summed E-state index contributed by atoms with van der Waals surface area (Å²) in [5.41, 5.74) is 3.37. The van der Waals surface area contributed by atoms with E-state index in [1.165, 1.54) is 0 Å². The molecule has 3 aromatic rings. The number of anilines is 2. The van der Waals surface area contributed by atoms with E-state index in [1.54, 1.807) is 23.1 Å². The second-order valence-corrected chi connectivity index (χ2v) is 8.13. The first kappa shape index (κ1) is 20.9. The molecular formula is C25H23ClN2O3. The largest absolute Gasteiger partial charge is 0.457 e. The second-order valence-electron chi connectivity index (χ2n) is 7.72. The van der Waals surface area contributed by atoms with Crippen LogP contribution in [-0.2, 0) is 9.59 Å². The Bertz CT molecular complexity index is 1130. The Morgan fingerprint density at radius 1 is 1.03 bits per heavy atom. The van der Waals surface area contributed by atoms with Crippen LogP contribution in [0.4, 0.5) is 11.4 Å². The lowest BCUT2D eigenvalue weighted by atomic mass is 10.1. The summed E-state index contributed by atoms with van der Waals surface area (Å²) in [6, 6.07) is 20.5. The lowest BCUT2D eigenvalue weighted by Crippen LogP contribution is -2.28. The number of hydrogen-bond donors (Lipinski definition) is 1. The Balaban J connectivity index is 1.38. The van der Waals surface area contributed by atoms with Crippen LogP contribution in [0.1, 0.15) is 17.5 Å². The number of nitrogens with one attached hydrogen (secondary N) is 1. The Kier molecular flexibility index (Phi) is 5.96. The average molecular weight is 435 g/mol. The van der Waals surface area contributed by atoms with E-state index >= 15 is 0 Å². The molecule has 0 radical (unpaired) electrons. The van der Waals surface area contributed by atoms with Gasteiger partial charge < -0.3 is 15.0 Å². The van der Waals surface area contributed by atoms with Crippen molar-refractivity contribution in [2.24, 2.45) is 5.92 Å². The molecule has 1 atom stereocenters. The molecule has 1 aliphatic heterocycles. The molecule has 6 heteroatoms. The van der Waals surface area contributed by atoms with Gasteiger partial charge in [0.25, 0.3) is 0 Å². The standard InChI is InChI=1S/C25H23ClN2O3/c1-16-7-10-20(14-22(16)26)28-15-18(13-24(28)29)25(30)27-19-8-11-21(12-9-19)31-23-6-4-3-5-17(23)2/h3-12,14,18H,13,15H2,1-2H3,(H,27,30)/t18-/m1/s1. The van der Waals surface area contributed by atoms with Crippen LogP contribution in [0.15, 0.2) is 66.7 Å². The molecule has 0 bridgehead atoms. The number of benzene rings is 3. The van der Waals surface area contributed by atoms with Gasteiger partial charge in [0.15, 0.2) is 0 Å². The molecule has 2 amide bonds. The maximum absolute atomic E-state index is 12.7. The molecule has 1 heterocycles. The number of rotatable bonds is 5. The summed E-state index contributed by atoms with van der Waals surface area (Å²) in [7, 11) is 0. The van der Waals surface area contributed by atoms with Crippen LogP contribution in [0.3, 0.4) is 0 Å². The van der Waals surface area contributed by atoms with Crippen LogP contribution in [0.2, 0.25) is 5.02 Å². The molecule has 0 spiro atoms. The number of amides is 2. The summed E-state index contributed by atoms with van der Waals surface area (Å²) in [4.78, 5) is 26.8. The van der Waals surface area contributed by atoms with E-state index in [9.17, 15) is 9.59 Å². The summed E-state index contributed by atoms with van der Waals surface area (Å²) < 4.78 is 5.89. The van der Waals surface area contributed by atoms with Crippen molar-refractivity contribution in [2.75, 3.05) is 16.8 Å². The highest BCUT2D eigenvalue weighted by Gasteiger charge is 2.35. The molecule has 1 N–H and O–H groups in total. The van der Waals surface area contributed by atoms with Gasteiger partial charge in [0.1, 0.15) is 11.5 Å². The molecular weight excluding hydrogens is 412 g/mol. The van der Waals surface area contributed by atoms with Gasteiger partial charge in [0.2, 0.25) is 11.8 Å². The molecule has 4 rings (SSSR count). The number of carbonyl (C=O) groups excluding carboxylic acids is 2. The first-order valence-corrected chi connectivity index (χ1v) is 10.5. The fourth-order valence-corrected chi connectivity index (χ4v) is 3.71. The van der Waals surface area contributed by atoms with Crippen molar-refractivity contribution in [3.8, 4) is 11.5 Å². The molecule has 1 saturated heterocycles. The number of ether oxygens (including phenoxy) is 1. The molecule has 1 fully saturated rings. The maximum Gasteiger partial charge on any atom is 0.229 e. The number of para-hydroxylation sites is 1. The predicted molar refractivity (Wildman–Crippen MR) is 123 cm³/mol. The fourth-order valence-electron chi connectivity index (χ4n) is 3.53. The number of aryl methyl sites for hydroxylation is 2. The Morgan fingerprint density at radius 2 is 1.77 bits per heavy atom. The molecule has 1 aliphatic rings. The third-order valence-corrected chi connectivity index (χ3v) is 5.81. The monoisotopic (exact) mass is 434 g/mol. The van der Waals surface area contributed by atoms with Crippen LogP contribution in [0.5, 0.6) is 11.5 Å². The van der Waals surface area contributed by atoms with Crippen LogP contribution in [0, 0.1) is 19.8 Å². The van der Waals surface area contributed by atoms with E-state index in [2.05, 4.69) is 5.32 Å². The number of halogens is 1. The number of carbonyl (C=O) groups is 2. The minimum absolute atomic E-state index is 0.0814. The predicted octanol–water partition coefficient (Wildman–Crippen LogP) is 5.74. The minimum atomic E-state index is -0.421. The van der Waals surface area contributed by atoms with E-state index in [0.29, 0.717) is 28.7 Å². The van der Waals surface area contributed by atoms with E-state index in [4.69, 9.17) is 16.3 Å². The first-order valence-electron chi connectivity index (χ1n) is 10.1. The SMILES string of the molecule is Cc1ccc(N2C[C@H](C(=O)Nc3ccc(Oc4ccccc4C)cc3)CC2=O)cc1Cl. The maximum atomic E-state index is 12.7. The van der Waals surface area contributed by atoms with Crippen molar-refractivity contribution in [3.05, 3.63) is 82.9 Å². The van der Waals surface area contributed by atoms with Crippen molar-refractivity contribution in [1.29, 1.82) is 0 Å². The zero-order valence-corrected chi connectivity index (χ0v) is 18.1. The Morgan fingerprint density at radius 3 is 2.48 bits per heavy atom. The Labute approximate surface area is 186 Å². The van der Waals surface area contributed by atoms with Gasteiger partial charge in [0.05, 0.1) is 5.92 Å². The van der Waals surface area contributed by atoms with Crippen LogP contribution in [-0.4, -0.2) is 18.4 Å². The molecule has 0 aromatic heterocycles. The molecule has 158 valence electrons. The van der Waals surface area contributed by atoms with Gasteiger partial charge in [-0.15, -0.1) is 0 Å². The highest BCUT2D eigenvalue weighted by molar-refractivity contribution is 6.31.